The summed E-state index contributed by atoms with van der Waals surface area (Å²) in [5.41, 5.74) is 7.13. The Labute approximate surface area is 134 Å². The van der Waals surface area contributed by atoms with Crippen LogP contribution >= 0.6 is 11.6 Å². The summed E-state index contributed by atoms with van der Waals surface area (Å²) < 4.78 is 5.11. The summed E-state index contributed by atoms with van der Waals surface area (Å²) in [4.78, 5) is 12.1. The Morgan fingerprint density at radius 1 is 1.36 bits per heavy atom. The number of nitrogens with two attached hydrogens (primary N) is 1. The number of nitrogens with one attached hydrogen (secondary N) is 1. The van der Waals surface area contributed by atoms with E-state index in [4.69, 9.17) is 21.9 Å². The van der Waals surface area contributed by atoms with Crippen LogP contribution in [0.4, 0.5) is 0 Å². The molecule has 0 bridgehead atoms. The molecule has 0 atom stereocenters. The molecule has 0 spiro atoms. The van der Waals surface area contributed by atoms with E-state index in [9.17, 15) is 4.79 Å². The van der Waals surface area contributed by atoms with Crippen molar-refractivity contribution in [1.29, 1.82) is 0 Å². The molecule has 22 heavy (non-hydrogen) atoms. The van der Waals surface area contributed by atoms with E-state index in [0.29, 0.717) is 17.3 Å². The second-order valence-corrected chi connectivity index (χ2v) is 5.78. The van der Waals surface area contributed by atoms with E-state index in [-0.39, 0.29) is 11.7 Å². The second kappa shape index (κ2) is 6.94. The summed E-state index contributed by atoms with van der Waals surface area (Å²) in [6.07, 6.45) is 1.57. The fourth-order valence-electron chi connectivity index (χ4n) is 2.01. The summed E-state index contributed by atoms with van der Waals surface area (Å²) in [5.74, 6) is -0.165. The van der Waals surface area contributed by atoms with Crippen LogP contribution in [0.25, 0.3) is 11.3 Å². The molecule has 0 saturated carbocycles. The van der Waals surface area contributed by atoms with Gasteiger partial charge < -0.3 is 15.6 Å². The van der Waals surface area contributed by atoms with Crippen LogP contribution in [0.15, 0.2) is 34.9 Å². The summed E-state index contributed by atoms with van der Waals surface area (Å²) in [6.45, 7) is 4.40. The molecule has 1 aromatic carbocycles. The van der Waals surface area contributed by atoms with E-state index in [1.165, 1.54) is 0 Å². The molecule has 3 N–H and O–H groups in total. The molecule has 5 nitrogen and oxygen atoms in total. The van der Waals surface area contributed by atoms with Crippen molar-refractivity contribution in [2.45, 2.75) is 32.2 Å². The molecule has 1 amide bonds. The van der Waals surface area contributed by atoms with Gasteiger partial charge in [-0.1, -0.05) is 42.7 Å². The molecule has 1 aromatic heterocycles. The fraction of sp³-hybridized carbons (Fsp3) is 0.375. The van der Waals surface area contributed by atoms with Crippen molar-refractivity contribution in [2.24, 2.45) is 5.73 Å². The van der Waals surface area contributed by atoms with Gasteiger partial charge in [0.15, 0.2) is 0 Å². The van der Waals surface area contributed by atoms with Crippen molar-refractivity contribution in [3.05, 3.63) is 41.1 Å². The van der Waals surface area contributed by atoms with Gasteiger partial charge in [0.05, 0.1) is 0 Å². The van der Waals surface area contributed by atoms with E-state index in [0.717, 1.165) is 18.4 Å². The third kappa shape index (κ3) is 3.87. The van der Waals surface area contributed by atoms with Gasteiger partial charge in [-0.2, -0.15) is 0 Å². The largest absolute Gasteiger partial charge is 0.350 e. The normalized spacial score (nSPS) is 11.5. The van der Waals surface area contributed by atoms with Crippen molar-refractivity contribution in [2.75, 3.05) is 6.54 Å². The Morgan fingerprint density at radius 3 is 2.73 bits per heavy atom. The van der Waals surface area contributed by atoms with Gasteiger partial charge in [-0.25, -0.2) is 0 Å². The average Bonchev–Trinajstić information content (AvgIpc) is 3.02. The molecule has 0 fully saturated rings. The monoisotopic (exact) mass is 321 g/mol. The SMILES string of the molecule is CCC(N)(CC)CNC(=O)c1cc(-c2cccc(Cl)c2)no1. The Bertz CT molecular complexity index is 650. The highest BCUT2D eigenvalue weighted by atomic mass is 35.5. The lowest BCUT2D eigenvalue weighted by atomic mass is 9.94. The van der Waals surface area contributed by atoms with E-state index in [1.807, 2.05) is 26.0 Å². The molecular weight excluding hydrogens is 302 g/mol. The van der Waals surface area contributed by atoms with Crippen molar-refractivity contribution >= 4 is 17.5 Å². The fourth-order valence-corrected chi connectivity index (χ4v) is 2.20. The molecule has 1 heterocycles. The third-order valence-electron chi connectivity index (χ3n) is 3.86. The molecule has 0 radical (unpaired) electrons. The molecule has 0 aliphatic carbocycles. The standard InChI is InChI=1S/C16H20ClN3O2/c1-3-16(18,4-2)10-19-15(21)14-9-13(20-22-14)11-6-5-7-12(17)8-11/h5-9H,3-4,10,18H2,1-2H3,(H,19,21). The van der Waals surface area contributed by atoms with Crippen LogP contribution < -0.4 is 11.1 Å². The van der Waals surface area contributed by atoms with Crippen LogP contribution in [0, 0.1) is 0 Å². The summed E-state index contributed by atoms with van der Waals surface area (Å²) in [5, 5.41) is 7.30. The number of nitrogens with zero attached hydrogens (tertiary/aromatic N) is 1. The lowest BCUT2D eigenvalue weighted by molar-refractivity contribution is 0.0905. The maximum Gasteiger partial charge on any atom is 0.289 e. The van der Waals surface area contributed by atoms with Gasteiger partial charge in [0, 0.05) is 28.7 Å². The van der Waals surface area contributed by atoms with Gasteiger partial charge in [0.2, 0.25) is 5.76 Å². The molecule has 2 rings (SSSR count). The zero-order valence-corrected chi connectivity index (χ0v) is 13.5. The first-order chi connectivity index (χ1) is 10.5. The summed E-state index contributed by atoms with van der Waals surface area (Å²) in [6, 6.07) is 8.80. The van der Waals surface area contributed by atoms with Gasteiger partial charge in [-0.05, 0) is 25.0 Å². The average molecular weight is 322 g/mol. The Hall–Kier alpha value is -1.85. The van der Waals surface area contributed by atoms with E-state index >= 15 is 0 Å². The first kappa shape index (κ1) is 16.5. The minimum absolute atomic E-state index is 0.157. The zero-order valence-electron chi connectivity index (χ0n) is 12.7. The highest BCUT2D eigenvalue weighted by molar-refractivity contribution is 6.30. The predicted molar refractivity (Wildman–Crippen MR) is 86.8 cm³/mol. The molecule has 6 heteroatoms. The maximum atomic E-state index is 12.1. The van der Waals surface area contributed by atoms with Crippen molar-refractivity contribution in [3.8, 4) is 11.3 Å². The highest BCUT2D eigenvalue weighted by Gasteiger charge is 2.22. The molecule has 2 aromatic rings. The molecule has 0 saturated heterocycles. The molecular formula is C16H20ClN3O2. The number of rotatable bonds is 6. The smallest absolute Gasteiger partial charge is 0.289 e. The second-order valence-electron chi connectivity index (χ2n) is 5.34. The van der Waals surface area contributed by atoms with Gasteiger partial charge in [-0.15, -0.1) is 0 Å². The van der Waals surface area contributed by atoms with Crippen LogP contribution in [0.1, 0.15) is 37.2 Å². The Balaban J connectivity index is 2.06. The number of amides is 1. The minimum Gasteiger partial charge on any atom is -0.350 e. The topological polar surface area (TPSA) is 81.1 Å². The van der Waals surface area contributed by atoms with Crippen LogP contribution in [-0.4, -0.2) is 23.1 Å². The van der Waals surface area contributed by atoms with Crippen LogP contribution in [0.5, 0.6) is 0 Å². The lowest BCUT2D eigenvalue weighted by Gasteiger charge is -2.26. The quantitative estimate of drug-likeness (QED) is 0.855. The minimum atomic E-state index is -0.397. The van der Waals surface area contributed by atoms with Gasteiger partial charge in [0.25, 0.3) is 5.91 Å². The number of carbonyl (C=O) groups is 1. The van der Waals surface area contributed by atoms with Crippen LogP contribution in [0.2, 0.25) is 5.02 Å². The Morgan fingerprint density at radius 2 is 2.09 bits per heavy atom. The number of carbonyl (C=O) groups excluding carboxylic acids is 1. The summed E-state index contributed by atoms with van der Waals surface area (Å²) in [7, 11) is 0. The summed E-state index contributed by atoms with van der Waals surface area (Å²) >= 11 is 5.94. The molecule has 0 aliphatic heterocycles. The first-order valence-corrected chi connectivity index (χ1v) is 7.65. The van der Waals surface area contributed by atoms with Crippen LogP contribution in [0.3, 0.4) is 0 Å². The molecule has 118 valence electrons. The first-order valence-electron chi connectivity index (χ1n) is 7.27. The molecule has 0 aliphatic rings. The highest BCUT2D eigenvalue weighted by Crippen LogP contribution is 2.22. The number of halogens is 1. The van der Waals surface area contributed by atoms with E-state index in [2.05, 4.69) is 10.5 Å². The lowest BCUT2D eigenvalue weighted by Crippen LogP contribution is -2.49. The third-order valence-corrected chi connectivity index (χ3v) is 4.10. The van der Waals surface area contributed by atoms with Crippen molar-refractivity contribution in [1.82, 2.24) is 10.5 Å². The van der Waals surface area contributed by atoms with Crippen molar-refractivity contribution in [3.63, 3.8) is 0 Å². The number of aromatic nitrogens is 1. The Kier molecular flexibility index (Phi) is 5.21. The molecule has 0 unspecified atom stereocenters. The van der Waals surface area contributed by atoms with E-state index in [1.54, 1.807) is 18.2 Å². The van der Waals surface area contributed by atoms with E-state index < -0.39 is 5.54 Å². The van der Waals surface area contributed by atoms with Crippen LogP contribution in [-0.2, 0) is 0 Å². The zero-order chi connectivity index (χ0) is 16.2. The van der Waals surface area contributed by atoms with Gasteiger partial charge >= 0.3 is 0 Å². The van der Waals surface area contributed by atoms with Gasteiger partial charge in [-0.3, -0.25) is 4.79 Å². The number of hydrogen-bond donors (Lipinski definition) is 2. The number of hydrogen-bond acceptors (Lipinski definition) is 4. The number of benzene rings is 1. The van der Waals surface area contributed by atoms with Gasteiger partial charge in [0.1, 0.15) is 5.69 Å². The predicted octanol–water partition coefficient (Wildman–Crippen LogP) is 3.24. The van der Waals surface area contributed by atoms with Crippen molar-refractivity contribution < 1.29 is 9.32 Å². The maximum absolute atomic E-state index is 12.1.